The molecule has 0 fully saturated rings. The molecule has 0 N–H and O–H groups in total. The van der Waals surface area contributed by atoms with Crippen LogP contribution in [0.3, 0.4) is 0 Å². The van der Waals surface area contributed by atoms with E-state index in [-0.39, 0.29) is 21.1 Å². The quantitative estimate of drug-likeness (QED) is 0.245. The Morgan fingerprint density at radius 1 is 0.778 bits per heavy atom. The van der Waals surface area contributed by atoms with Crippen molar-refractivity contribution in [1.29, 1.82) is 0 Å². The second-order valence-electron chi connectivity index (χ2n) is 5.79. The van der Waals surface area contributed by atoms with E-state index < -0.39 is 0 Å². The van der Waals surface area contributed by atoms with Gasteiger partial charge in [-0.05, 0) is 18.3 Å². The Morgan fingerprint density at radius 2 is 1.59 bits per heavy atom. The van der Waals surface area contributed by atoms with E-state index in [1.165, 1.54) is 0 Å². The first kappa shape index (κ1) is 18.9. The Hall–Kier alpha value is -2.83. The summed E-state index contributed by atoms with van der Waals surface area (Å²) in [5, 5.41) is 0. The molecule has 0 spiro atoms. The van der Waals surface area contributed by atoms with Crippen molar-refractivity contribution in [2.45, 2.75) is 0 Å². The van der Waals surface area contributed by atoms with Crippen LogP contribution in [0.5, 0.6) is 0 Å². The first-order valence-corrected chi connectivity index (χ1v) is 8.44. The summed E-state index contributed by atoms with van der Waals surface area (Å²) in [7, 11) is 0. The molecular weight excluding hydrogens is 511 g/mol. The fourth-order valence-electron chi connectivity index (χ4n) is 2.75. The summed E-state index contributed by atoms with van der Waals surface area (Å²) in [6, 6.07) is 34.5. The zero-order valence-electron chi connectivity index (χ0n) is 14.4. The number of benzene rings is 3. The van der Waals surface area contributed by atoms with Crippen molar-refractivity contribution in [2.75, 3.05) is 0 Å². The van der Waals surface area contributed by atoms with E-state index in [1.54, 1.807) is 6.20 Å². The van der Waals surface area contributed by atoms with Gasteiger partial charge in [0.05, 0.1) is 0 Å². The fraction of sp³-hybridized carbons (Fsp3) is 0. The molecule has 27 heavy (non-hydrogen) atoms. The van der Waals surface area contributed by atoms with Gasteiger partial charge in [-0.15, -0.1) is 65.7 Å². The summed E-state index contributed by atoms with van der Waals surface area (Å²) >= 11 is 0. The third kappa shape index (κ3) is 4.67. The van der Waals surface area contributed by atoms with Crippen LogP contribution in [0.4, 0.5) is 5.69 Å². The van der Waals surface area contributed by atoms with Crippen molar-refractivity contribution in [3.8, 4) is 22.4 Å². The molecule has 0 bridgehead atoms. The molecule has 4 rings (SSSR count). The smallest absolute Gasteiger partial charge is 0.304 e. The Labute approximate surface area is 173 Å². The van der Waals surface area contributed by atoms with Gasteiger partial charge in [0.2, 0.25) is 0 Å². The molecule has 132 valence electrons. The van der Waals surface area contributed by atoms with Gasteiger partial charge in [0, 0.05) is 17.6 Å². The normalized spacial score (nSPS) is 10.5. The topological polar surface area (TPSA) is 25.2 Å². The summed E-state index contributed by atoms with van der Waals surface area (Å²) < 4.78 is 0. The zero-order valence-corrected chi connectivity index (χ0v) is 16.7. The maximum atomic E-state index is 4.69. The van der Waals surface area contributed by atoms with E-state index in [0.717, 1.165) is 33.6 Å². The Balaban J connectivity index is 0.00000210. The maximum Gasteiger partial charge on any atom is 2.00 e. The van der Waals surface area contributed by atoms with Gasteiger partial charge in [0.25, 0.3) is 0 Å². The molecular formula is C24H16N2Pt. The molecule has 0 aliphatic rings. The van der Waals surface area contributed by atoms with Crippen LogP contribution in [-0.4, -0.2) is 11.2 Å². The van der Waals surface area contributed by atoms with Crippen molar-refractivity contribution in [3.05, 3.63) is 109 Å². The number of hydrogen-bond donors (Lipinski definition) is 0. The molecule has 0 radical (unpaired) electrons. The van der Waals surface area contributed by atoms with E-state index in [9.17, 15) is 0 Å². The van der Waals surface area contributed by atoms with Crippen molar-refractivity contribution < 1.29 is 21.1 Å². The summed E-state index contributed by atoms with van der Waals surface area (Å²) in [6.45, 7) is 0. The van der Waals surface area contributed by atoms with Gasteiger partial charge >= 0.3 is 21.1 Å². The van der Waals surface area contributed by atoms with Crippen LogP contribution < -0.4 is 0 Å². The molecule has 0 unspecified atom stereocenters. The van der Waals surface area contributed by atoms with Crippen LogP contribution in [0.2, 0.25) is 0 Å². The number of nitrogens with zero attached hydrogens (tertiary/aromatic N) is 2. The second kappa shape index (κ2) is 9.21. The molecule has 4 aromatic rings. The SMILES string of the molecule is [Pt+2].[c-]1c(C=Nc2ccccc2-c2[c-]cccc2)cccc1-c1ccccn1. The zero-order chi connectivity index (χ0) is 17.6. The molecule has 3 aromatic carbocycles. The van der Waals surface area contributed by atoms with Gasteiger partial charge in [-0.25, -0.2) is 0 Å². The van der Waals surface area contributed by atoms with Crippen LogP contribution in [0.25, 0.3) is 22.4 Å². The first-order chi connectivity index (χ1) is 12.9. The summed E-state index contributed by atoms with van der Waals surface area (Å²) in [4.78, 5) is 9.07. The van der Waals surface area contributed by atoms with Crippen LogP contribution in [0, 0.1) is 12.1 Å². The molecule has 0 saturated heterocycles. The molecule has 0 aliphatic heterocycles. The molecule has 0 amide bonds. The number of para-hydroxylation sites is 1. The second-order valence-corrected chi connectivity index (χ2v) is 5.79. The number of hydrogen-bond acceptors (Lipinski definition) is 2. The molecule has 3 heteroatoms. The number of aliphatic imine (C=N–C) groups is 1. The largest absolute Gasteiger partial charge is 2.00 e. The molecule has 0 atom stereocenters. The third-order valence-corrected chi connectivity index (χ3v) is 4.00. The average molecular weight is 527 g/mol. The average Bonchev–Trinajstić information content (AvgIpc) is 2.74. The molecule has 0 aliphatic carbocycles. The predicted molar refractivity (Wildman–Crippen MR) is 106 cm³/mol. The first-order valence-electron chi connectivity index (χ1n) is 8.44. The minimum Gasteiger partial charge on any atom is -0.304 e. The van der Waals surface area contributed by atoms with Gasteiger partial charge in [-0.2, -0.15) is 0 Å². The van der Waals surface area contributed by atoms with Crippen molar-refractivity contribution in [3.63, 3.8) is 0 Å². The van der Waals surface area contributed by atoms with E-state index in [0.29, 0.717) is 0 Å². The Bertz CT molecular complexity index is 1030. The van der Waals surface area contributed by atoms with Crippen LogP contribution in [-0.2, 0) is 21.1 Å². The van der Waals surface area contributed by atoms with E-state index >= 15 is 0 Å². The number of aromatic nitrogens is 1. The standard InChI is InChI=1S/C24H16N2.Pt/c1-2-10-20(11-3-1)22-13-4-5-15-24(22)26-18-19-9-8-12-21(17-19)23-14-6-7-16-25-23;/h1-10,12-16,18H;/q-2;+2. The van der Waals surface area contributed by atoms with E-state index in [4.69, 9.17) is 4.99 Å². The van der Waals surface area contributed by atoms with Gasteiger partial charge in [0.15, 0.2) is 0 Å². The Kier molecular flexibility index (Phi) is 6.46. The van der Waals surface area contributed by atoms with Gasteiger partial charge in [-0.1, -0.05) is 41.5 Å². The monoisotopic (exact) mass is 527 g/mol. The molecule has 1 aromatic heterocycles. The minimum absolute atomic E-state index is 0. The van der Waals surface area contributed by atoms with E-state index in [2.05, 4.69) is 23.2 Å². The van der Waals surface area contributed by atoms with Gasteiger partial charge in [0.1, 0.15) is 0 Å². The van der Waals surface area contributed by atoms with Gasteiger partial charge in [-0.3, -0.25) is 4.98 Å². The summed E-state index contributed by atoms with van der Waals surface area (Å²) in [5.74, 6) is 0. The van der Waals surface area contributed by atoms with Crippen LogP contribution >= 0.6 is 0 Å². The van der Waals surface area contributed by atoms with Gasteiger partial charge < -0.3 is 4.99 Å². The van der Waals surface area contributed by atoms with Crippen molar-refractivity contribution in [2.24, 2.45) is 4.99 Å². The third-order valence-electron chi connectivity index (χ3n) is 4.00. The molecule has 1 heterocycles. The van der Waals surface area contributed by atoms with Crippen LogP contribution in [0.1, 0.15) is 5.56 Å². The molecule has 2 nitrogen and oxygen atoms in total. The Morgan fingerprint density at radius 3 is 2.41 bits per heavy atom. The van der Waals surface area contributed by atoms with Crippen LogP contribution in [0.15, 0.2) is 96.1 Å². The van der Waals surface area contributed by atoms with E-state index in [1.807, 2.05) is 85.1 Å². The number of pyridine rings is 1. The predicted octanol–water partition coefficient (Wildman–Crippen LogP) is 5.76. The minimum atomic E-state index is 0. The maximum absolute atomic E-state index is 4.69. The fourth-order valence-corrected chi connectivity index (χ4v) is 2.75. The summed E-state index contributed by atoms with van der Waals surface area (Å²) in [6.07, 6.45) is 3.63. The number of rotatable bonds is 4. The summed E-state index contributed by atoms with van der Waals surface area (Å²) in [5.41, 5.74) is 5.78. The van der Waals surface area contributed by atoms with Crippen molar-refractivity contribution in [1.82, 2.24) is 4.98 Å². The molecule has 0 saturated carbocycles. The van der Waals surface area contributed by atoms with Crippen molar-refractivity contribution >= 4 is 11.9 Å².